The molecule has 3 aliphatic heterocycles. The van der Waals surface area contributed by atoms with Gasteiger partial charge in [0.1, 0.15) is 6.33 Å². The molecule has 1 aromatic heterocycles. The van der Waals surface area contributed by atoms with Gasteiger partial charge >= 0.3 is 6.18 Å². The highest BCUT2D eigenvalue weighted by Crippen LogP contribution is 2.46. The lowest BCUT2D eigenvalue weighted by molar-refractivity contribution is -0.138. The molecule has 1 amide bonds. The van der Waals surface area contributed by atoms with Crippen LogP contribution < -0.4 is 4.90 Å². The van der Waals surface area contributed by atoms with Crippen molar-refractivity contribution in [3.63, 3.8) is 0 Å². The first kappa shape index (κ1) is 24.1. The lowest BCUT2D eigenvalue weighted by atomic mass is 9.74. The summed E-state index contributed by atoms with van der Waals surface area (Å²) < 4.78 is 64.8. The molecule has 7 nitrogen and oxygen atoms in total. The summed E-state index contributed by atoms with van der Waals surface area (Å²) in [4.78, 5) is 16.8. The number of anilines is 1. The zero-order valence-corrected chi connectivity index (χ0v) is 20.1. The van der Waals surface area contributed by atoms with Gasteiger partial charge in [0.25, 0.3) is 5.91 Å². The number of alkyl halides is 4. The summed E-state index contributed by atoms with van der Waals surface area (Å²) in [6.07, 6.45) is -3.67. The molecular formula is C26H25F4N5O2. The third kappa shape index (κ3) is 3.91. The van der Waals surface area contributed by atoms with Gasteiger partial charge in [-0.25, -0.2) is 4.39 Å². The molecule has 4 heterocycles. The van der Waals surface area contributed by atoms with Crippen LogP contribution in [0.3, 0.4) is 0 Å². The molecule has 37 heavy (non-hydrogen) atoms. The van der Waals surface area contributed by atoms with E-state index in [-0.39, 0.29) is 36.7 Å². The standard InChI is InChI=1S/C26H25F4N5O2/c1-33-15-31-32-23(33)22(27)25(13-37-14-25)17-4-2-5-18(10-17)35-12-20-19(24(35)36)8-16(11-34-6-3-7-34)9-21(20)26(28,29)30/h2,4-5,8-10,15,22H,3,6-7,11-14H2,1H3/t22-/m0/s1. The first-order chi connectivity index (χ1) is 17.7. The third-order valence-electron chi connectivity index (χ3n) is 7.67. The van der Waals surface area contributed by atoms with Crippen molar-refractivity contribution in [3.05, 3.63) is 76.4 Å². The van der Waals surface area contributed by atoms with Crippen molar-refractivity contribution in [2.45, 2.75) is 37.3 Å². The van der Waals surface area contributed by atoms with Crippen molar-refractivity contribution < 1.29 is 27.1 Å². The Bertz CT molecular complexity index is 1360. The number of hydrogen-bond donors (Lipinski definition) is 0. The summed E-state index contributed by atoms with van der Waals surface area (Å²) in [6, 6.07) is 9.51. The van der Waals surface area contributed by atoms with Crippen LogP contribution >= 0.6 is 0 Å². The van der Waals surface area contributed by atoms with E-state index in [9.17, 15) is 18.0 Å². The van der Waals surface area contributed by atoms with Crippen LogP contribution in [-0.4, -0.2) is 51.9 Å². The molecule has 0 aliphatic carbocycles. The summed E-state index contributed by atoms with van der Waals surface area (Å²) in [5.74, 6) is -0.338. The lowest BCUT2D eigenvalue weighted by Crippen LogP contribution is -2.50. The minimum absolute atomic E-state index is 0.0283. The number of aryl methyl sites for hydroxylation is 1. The molecule has 0 bridgehead atoms. The molecule has 0 N–H and O–H groups in total. The van der Waals surface area contributed by atoms with Gasteiger partial charge in [0.2, 0.25) is 0 Å². The molecule has 1 atom stereocenters. The van der Waals surface area contributed by atoms with Crippen molar-refractivity contribution in [1.29, 1.82) is 0 Å². The third-order valence-corrected chi connectivity index (χ3v) is 7.67. The second kappa shape index (κ2) is 8.63. The number of halogens is 4. The molecule has 0 unspecified atom stereocenters. The summed E-state index contributed by atoms with van der Waals surface area (Å²) in [5, 5.41) is 7.68. The molecular weight excluding hydrogens is 490 g/mol. The number of likely N-dealkylation sites (tertiary alicyclic amines) is 1. The Balaban J connectivity index is 1.35. The molecule has 11 heteroatoms. The van der Waals surface area contributed by atoms with Crippen LogP contribution in [0.1, 0.15) is 51.0 Å². The molecule has 3 aromatic rings. The zero-order valence-electron chi connectivity index (χ0n) is 20.1. The molecule has 2 fully saturated rings. The van der Waals surface area contributed by atoms with Crippen molar-refractivity contribution in [1.82, 2.24) is 19.7 Å². The second-order valence-electron chi connectivity index (χ2n) is 10.1. The van der Waals surface area contributed by atoms with Crippen LogP contribution in [0.15, 0.2) is 42.7 Å². The van der Waals surface area contributed by atoms with Crippen LogP contribution in [0.5, 0.6) is 0 Å². The summed E-state index contributed by atoms with van der Waals surface area (Å²) >= 11 is 0. The Morgan fingerprint density at radius 1 is 1.16 bits per heavy atom. The van der Waals surface area contributed by atoms with Gasteiger partial charge in [0, 0.05) is 24.8 Å². The Hall–Kier alpha value is -3.31. The van der Waals surface area contributed by atoms with Gasteiger partial charge in [0.15, 0.2) is 12.0 Å². The first-order valence-electron chi connectivity index (χ1n) is 12.1. The fourth-order valence-electron chi connectivity index (χ4n) is 5.35. The van der Waals surface area contributed by atoms with Crippen molar-refractivity contribution in [2.75, 3.05) is 31.2 Å². The summed E-state index contributed by atoms with van der Waals surface area (Å²) in [5.41, 5.74) is -0.294. The first-order valence-corrected chi connectivity index (χ1v) is 12.1. The minimum Gasteiger partial charge on any atom is -0.379 e. The number of benzene rings is 2. The predicted octanol–water partition coefficient (Wildman–Crippen LogP) is 4.18. The molecule has 194 valence electrons. The highest BCUT2D eigenvalue weighted by Gasteiger charge is 2.51. The van der Waals surface area contributed by atoms with Gasteiger partial charge < -0.3 is 14.2 Å². The Labute approximate surface area is 210 Å². The quantitative estimate of drug-likeness (QED) is 0.461. The van der Waals surface area contributed by atoms with Crippen molar-refractivity contribution in [2.24, 2.45) is 7.05 Å². The number of amides is 1. The molecule has 2 saturated heterocycles. The van der Waals surface area contributed by atoms with Crippen LogP contribution in [0.2, 0.25) is 0 Å². The SMILES string of the molecule is Cn1cnnc1[C@H](F)C1(c2cccc(N3Cc4c(cc(CN5CCC5)cc4C(F)(F)F)C3=O)c2)COC1. The van der Waals surface area contributed by atoms with E-state index in [1.54, 1.807) is 37.4 Å². The molecule has 6 rings (SSSR count). The van der Waals surface area contributed by atoms with E-state index in [4.69, 9.17) is 4.74 Å². The number of nitrogens with zero attached hydrogens (tertiary/aromatic N) is 5. The number of rotatable bonds is 6. The molecule has 0 radical (unpaired) electrons. The zero-order chi connectivity index (χ0) is 25.9. The average molecular weight is 516 g/mol. The maximum absolute atomic E-state index is 15.8. The maximum atomic E-state index is 15.8. The summed E-state index contributed by atoms with van der Waals surface area (Å²) in [6.45, 7) is 2.05. The van der Waals surface area contributed by atoms with E-state index in [2.05, 4.69) is 10.2 Å². The van der Waals surface area contributed by atoms with E-state index in [0.717, 1.165) is 19.5 Å². The molecule has 0 saturated carbocycles. The van der Waals surface area contributed by atoms with E-state index >= 15 is 4.39 Å². The monoisotopic (exact) mass is 515 g/mol. The Morgan fingerprint density at radius 3 is 2.54 bits per heavy atom. The number of aromatic nitrogens is 3. The highest BCUT2D eigenvalue weighted by atomic mass is 19.4. The van der Waals surface area contributed by atoms with Crippen molar-refractivity contribution >= 4 is 11.6 Å². The van der Waals surface area contributed by atoms with Crippen molar-refractivity contribution in [3.8, 4) is 0 Å². The van der Waals surface area contributed by atoms with Crippen LogP contribution in [0, 0.1) is 0 Å². The number of fused-ring (bicyclic) bond motifs is 1. The fraction of sp³-hybridized carbons (Fsp3) is 0.423. The van der Waals surface area contributed by atoms with Gasteiger partial charge in [-0.3, -0.25) is 9.69 Å². The van der Waals surface area contributed by atoms with E-state index in [1.807, 2.05) is 4.90 Å². The van der Waals surface area contributed by atoms with Gasteiger partial charge in [-0.1, -0.05) is 12.1 Å². The largest absolute Gasteiger partial charge is 0.416 e. The average Bonchev–Trinajstić information content (AvgIpc) is 3.38. The number of carbonyl (C=O) groups is 1. The van der Waals surface area contributed by atoms with Gasteiger partial charge in [0.05, 0.1) is 30.7 Å². The fourth-order valence-corrected chi connectivity index (χ4v) is 5.35. The number of hydrogen-bond acceptors (Lipinski definition) is 5. The molecule has 0 spiro atoms. The number of ether oxygens (including phenoxy) is 1. The lowest BCUT2D eigenvalue weighted by Gasteiger charge is -2.43. The normalized spacial score (nSPS) is 19.9. The van der Waals surface area contributed by atoms with E-state index in [0.29, 0.717) is 23.4 Å². The highest BCUT2D eigenvalue weighted by molar-refractivity contribution is 6.10. The van der Waals surface area contributed by atoms with Gasteiger partial charge in [-0.2, -0.15) is 13.2 Å². The van der Waals surface area contributed by atoms with Crippen LogP contribution in [-0.2, 0) is 36.5 Å². The summed E-state index contributed by atoms with van der Waals surface area (Å²) in [7, 11) is 1.65. The molecule has 2 aromatic carbocycles. The van der Waals surface area contributed by atoms with Gasteiger partial charge in [-0.15, -0.1) is 10.2 Å². The Morgan fingerprint density at radius 2 is 1.95 bits per heavy atom. The van der Waals surface area contributed by atoms with E-state index < -0.39 is 29.2 Å². The minimum atomic E-state index is -4.59. The Kier molecular flexibility index (Phi) is 5.61. The van der Waals surface area contributed by atoms with Crippen LogP contribution in [0.4, 0.5) is 23.2 Å². The maximum Gasteiger partial charge on any atom is 0.416 e. The predicted molar refractivity (Wildman–Crippen MR) is 126 cm³/mol. The van der Waals surface area contributed by atoms with E-state index in [1.165, 1.54) is 21.9 Å². The van der Waals surface area contributed by atoms with Crippen LogP contribution in [0.25, 0.3) is 0 Å². The van der Waals surface area contributed by atoms with Gasteiger partial charge in [-0.05, 0) is 60.5 Å². The topological polar surface area (TPSA) is 63.5 Å². The number of carbonyl (C=O) groups excluding carboxylic acids is 1. The molecule has 3 aliphatic rings. The smallest absolute Gasteiger partial charge is 0.379 e. The second-order valence-corrected chi connectivity index (χ2v) is 10.1.